The lowest BCUT2D eigenvalue weighted by Gasteiger charge is -2.22. The number of nitrogens with zero attached hydrogens (tertiary/aromatic N) is 3. The number of anilines is 1. The van der Waals surface area contributed by atoms with Crippen molar-refractivity contribution in [3.8, 4) is 5.75 Å². The number of methoxy groups -OCH3 is 1. The predicted octanol–water partition coefficient (Wildman–Crippen LogP) is 5.26. The van der Waals surface area contributed by atoms with Crippen molar-refractivity contribution in [3.63, 3.8) is 0 Å². The Bertz CT molecular complexity index is 1240. The molecule has 1 fully saturated rings. The van der Waals surface area contributed by atoms with E-state index in [0.717, 1.165) is 25.3 Å². The van der Waals surface area contributed by atoms with Crippen LogP contribution in [-0.4, -0.2) is 21.6 Å². The number of benzene rings is 1. The van der Waals surface area contributed by atoms with Crippen LogP contribution in [0.1, 0.15) is 62.5 Å². The number of aromatic nitrogens is 3. The number of halogens is 3. The normalized spacial score (nSPS) is 15.8. The van der Waals surface area contributed by atoms with Crippen LogP contribution in [-0.2, 0) is 5.54 Å². The van der Waals surface area contributed by atoms with Gasteiger partial charge in [0.05, 0.1) is 24.1 Å². The van der Waals surface area contributed by atoms with Gasteiger partial charge in [0.1, 0.15) is 23.0 Å². The first-order valence-corrected chi connectivity index (χ1v) is 10.5. The van der Waals surface area contributed by atoms with Gasteiger partial charge in [-0.2, -0.15) is 0 Å². The summed E-state index contributed by atoms with van der Waals surface area (Å²) in [5.41, 5.74) is -0.713. The van der Waals surface area contributed by atoms with Crippen molar-refractivity contribution in [2.24, 2.45) is 0 Å². The highest BCUT2D eigenvalue weighted by molar-refractivity contribution is 5.92. The average Bonchev–Trinajstić information content (AvgIpc) is 3.54. The van der Waals surface area contributed by atoms with E-state index in [-0.39, 0.29) is 22.4 Å². The van der Waals surface area contributed by atoms with Gasteiger partial charge in [0.25, 0.3) is 12.0 Å². The standard InChI is InChI=1S/C23H25F3N4O2/c1-5-23(9-10-23)30-11-16-18(19(32-4)22(30)31)28-13(3)29-21(16)27-12(2)14-7-6-8-15(17(14)24)20(25)26/h6-8,11-12,20H,5,9-10H2,1-4H3,(H,27,28,29)/t12-/m1/s1. The lowest BCUT2D eigenvalue weighted by molar-refractivity contribution is 0.146. The molecule has 0 amide bonds. The predicted molar refractivity (Wildman–Crippen MR) is 116 cm³/mol. The zero-order valence-electron chi connectivity index (χ0n) is 18.4. The first-order chi connectivity index (χ1) is 15.2. The Hall–Kier alpha value is -3.10. The number of nitrogens with one attached hydrogen (secondary N) is 1. The van der Waals surface area contributed by atoms with E-state index in [9.17, 15) is 18.0 Å². The van der Waals surface area contributed by atoms with E-state index in [4.69, 9.17) is 4.74 Å². The molecule has 0 saturated heterocycles. The van der Waals surface area contributed by atoms with E-state index >= 15 is 0 Å². The average molecular weight is 446 g/mol. The van der Waals surface area contributed by atoms with E-state index < -0.39 is 23.8 Å². The van der Waals surface area contributed by atoms with Crippen LogP contribution in [0.15, 0.2) is 29.2 Å². The van der Waals surface area contributed by atoms with Crippen molar-refractivity contribution in [1.82, 2.24) is 14.5 Å². The van der Waals surface area contributed by atoms with Crippen LogP contribution in [0, 0.1) is 12.7 Å². The number of alkyl halides is 2. The van der Waals surface area contributed by atoms with E-state index in [2.05, 4.69) is 15.3 Å². The molecule has 0 radical (unpaired) electrons. The maximum atomic E-state index is 14.7. The first-order valence-electron chi connectivity index (χ1n) is 10.5. The van der Waals surface area contributed by atoms with Crippen LogP contribution in [0.4, 0.5) is 19.0 Å². The summed E-state index contributed by atoms with van der Waals surface area (Å²) in [5.74, 6) is -0.0637. The van der Waals surface area contributed by atoms with Gasteiger partial charge in [0.2, 0.25) is 5.75 Å². The molecule has 9 heteroatoms. The summed E-state index contributed by atoms with van der Waals surface area (Å²) in [4.78, 5) is 22.0. The molecule has 1 aromatic carbocycles. The molecule has 1 aliphatic carbocycles. The first kappa shape index (κ1) is 22.1. The number of hydrogen-bond acceptors (Lipinski definition) is 5. The number of ether oxygens (including phenoxy) is 1. The second-order valence-corrected chi connectivity index (χ2v) is 8.21. The molecule has 3 aromatic rings. The number of rotatable bonds is 7. The fourth-order valence-electron chi connectivity index (χ4n) is 4.18. The highest BCUT2D eigenvalue weighted by Crippen LogP contribution is 2.46. The third-order valence-electron chi connectivity index (χ3n) is 6.26. The third kappa shape index (κ3) is 3.59. The van der Waals surface area contributed by atoms with Crippen LogP contribution in [0.2, 0.25) is 0 Å². The summed E-state index contributed by atoms with van der Waals surface area (Å²) >= 11 is 0. The Morgan fingerprint density at radius 3 is 2.53 bits per heavy atom. The van der Waals surface area contributed by atoms with E-state index in [0.29, 0.717) is 22.5 Å². The Morgan fingerprint density at radius 2 is 1.94 bits per heavy atom. The number of pyridine rings is 1. The lowest BCUT2D eigenvalue weighted by Crippen LogP contribution is -2.30. The molecule has 2 heterocycles. The molecule has 1 aliphatic rings. The minimum absolute atomic E-state index is 0.0970. The second kappa shape index (κ2) is 8.11. The molecular formula is C23H25F3N4O2. The van der Waals surface area contributed by atoms with Crippen molar-refractivity contribution < 1.29 is 17.9 Å². The molecule has 6 nitrogen and oxygen atoms in total. The third-order valence-corrected chi connectivity index (χ3v) is 6.26. The van der Waals surface area contributed by atoms with Crippen molar-refractivity contribution >= 4 is 16.7 Å². The molecule has 1 atom stereocenters. The van der Waals surface area contributed by atoms with Crippen molar-refractivity contribution in [2.75, 3.05) is 12.4 Å². The lowest BCUT2D eigenvalue weighted by atomic mass is 10.0. The van der Waals surface area contributed by atoms with Gasteiger partial charge >= 0.3 is 0 Å². The van der Waals surface area contributed by atoms with Crippen LogP contribution in [0.5, 0.6) is 5.75 Å². The Balaban J connectivity index is 1.85. The summed E-state index contributed by atoms with van der Waals surface area (Å²) in [6, 6.07) is 3.27. The summed E-state index contributed by atoms with van der Waals surface area (Å²) in [5, 5.41) is 3.68. The summed E-state index contributed by atoms with van der Waals surface area (Å²) in [6.07, 6.45) is 1.37. The maximum Gasteiger partial charge on any atom is 0.295 e. The summed E-state index contributed by atoms with van der Waals surface area (Å²) in [7, 11) is 1.42. The quantitative estimate of drug-likeness (QED) is 0.536. The fourth-order valence-corrected chi connectivity index (χ4v) is 4.18. The van der Waals surface area contributed by atoms with Crippen molar-refractivity contribution in [2.45, 2.75) is 58.0 Å². The maximum absolute atomic E-state index is 14.7. The molecule has 4 rings (SSSR count). The minimum Gasteiger partial charge on any atom is -0.490 e. The SMILES string of the molecule is CCC1(n2cc3c(N[C@H](C)c4cccc(C(F)F)c4F)nc(C)nc3c(OC)c2=O)CC1. The van der Waals surface area contributed by atoms with Gasteiger partial charge in [-0.1, -0.05) is 25.1 Å². The van der Waals surface area contributed by atoms with Crippen molar-refractivity contribution in [3.05, 3.63) is 57.5 Å². The molecular weight excluding hydrogens is 421 g/mol. The van der Waals surface area contributed by atoms with E-state index in [1.54, 1.807) is 24.6 Å². The largest absolute Gasteiger partial charge is 0.490 e. The van der Waals surface area contributed by atoms with Gasteiger partial charge in [-0.3, -0.25) is 4.79 Å². The fraction of sp³-hybridized carbons (Fsp3) is 0.435. The highest BCUT2D eigenvalue weighted by Gasteiger charge is 2.44. The van der Waals surface area contributed by atoms with Gasteiger partial charge < -0.3 is 14.6 Å². The van der Waals surface area contributed by atoms with Gasteiger partial charge in [-0.25, -0.2) is 23.1 Å². The number of hydrogen-bond donors (Lipinski definition) is 1. The molecule has 1 saturated carbocycles. The van der Waals surface area contributed by atoms with Crippen LogP contribution in [0.3, 0.4) is 0 Å². The summed E-state index contributed by atoms with van der Waals surface area (Å²) < 4.78 is 48.1. The van der Waals surface area contributed by atoms with Crippen LogP contribution < -0.4 is 15.6 Å². The molecule has 170 valence electrons. The molecule has 0 bridgehead atoms. The van der Waals surface area contributed by atoms with E-state index in [1.165, 1.54) is 19.2 Å². The Kier molecular flexibility index (Phi) is 5.60. The number of aryl methyl sites for hydroxylation is 1. The molecule has 0 unspecified atom stereocenters. The van der Waals surface area contributed by atoms with Gasteiger partial charge in [0.15, 0.2) is 0 Å². The highest BCUT2D eigenvalue weighted by atomic mass is 19.3. The zero-order chi connectivity index (χ0) is 23.2. The topological polar surface area (TPSA) is 69.0 Å². The van der Waals surface area contributed by atoms with Gasteiger partial charge in [-0.15, -0.1) is 0 Å². The zero-order valence-corrected chi connectivity index (χ0v) is 18.4. The number of fused-ring (bicyclic) bond motifs is 1. The smallest absolute Gasteiger partial charge is 0.295 e. The summed E-state index contributed by atoms with van der Waals surface area (Å²) in [6.45, 7) is 5.37. The molecule has 0 spiro atoms. The molecule has 2 aromatic heterocycles. The monoisotopic (exact) mass is 446 g/mol. The Morgan fingerprint density at radius 1 is 1.25 bits per heavy atom. The molecule has 1 N–H and O–H groups in total. The van der Waals surface area contributed by atoms with E-state index in [1.807, 2.05) is 6.92 Å². The second-order valence-electron chi connectivity index (χ2n) is 8.21. The molecule has 32 heavy (non-hydrogen) atoms. The van der Waals surface area contributed by atoms with Crippen LogP contribution in [0.25, 0.3) is 10.9 Å². The Labute approximate surface area is 183 Å². The van der Waals surface area contributed by atoms with Gasteiger partial charge in [-0.05, 0) is 33.1 Å². The van der Waals surface area contributed by atoms with Gasteiger partial charge in [0, 0.05) is 17.3 Å². The van der Waals surface area contributed by atoms with Crippen molar-refractivity contribution in [1.29, 1.82) is 0 Å². The minimum atomic E-state index is -2.91. The van der Waals surface area contributed by atoms with Crippen LogP contribution >= 0.6 is 0 Å². The molecule has 0 aliphatic heterocycles.